The Balaban J connectivity index is 1.85. The lowest BCUT2D eigenvalue weighted by Crippen LogP contribution is -2.44. The normalized spacial score (nSPS) is 10.5. The van der Waals surface area contributed by atoms with Gasteiger partial charge >= 0.3 is 0 Å². The van der Waals surface area contributed by atoms with Crippen molar-refractivity contribution >= 4 is 23.2 Å². The van der Waals surface area contributed by atoms with Crippen molar-refractivity contribution in [1.29, 1.82) is 0 Å². The van der Waals surface area contributed by atoms with Crippen LogP contribution in [0.4, 0.5) is 11.4 Å². The average molecular weight is 383 g/mol. The van der Waals surface area contributed by atoms with E-state index in [1.165, 1.54) is 5.56 Å². The number of carbonyl (C=O) groups excluding carboxylic acids is 2. The van der Waals surface area contributed by atoms with Crippen molar-refractivity contribution in [3.05, 3.63) is 59.2 Å². The molecule has 0 saturated carbocycles. The highest BCUT2D eigenvalue weighted by atomic mass is 16.2. The van der Waals surface area contributed by atoms with E-state index in [1.54, 1.807) is 12.1 Å². The molecule has 0 unspecified atom stereocenters. The zero-order chi connectivity index (χ0) is 20.7. The number of amides is 2. The van der Waals surface area contributed by atoms with Gasteiger partial charge in [0.2, 0.25) is 0 Å². The summed E-state index contributed by atoms with van der Waals surface area (Å²) >= 11 is 0. The predicted molar refractivity (Wildman–Crippen MR) is 115 cm³/mol. The number of benzene rings is 2. The Morgan fingerprint density at radius 3 is 2.25 bits per heavy atom. The molecule has 2 aromatic carbocycles. The molecule has 0 heterocycles. The van der Waals surface area contributed by atoms with Crippen LogP contribution < -0.4 is 21.1 Å². The first kappa shape index (κ1) is 21.3. The average Bonchev–Trinajstić information content (AvgIpc) is 2.66. The molecule has 2 rings (SSSR count). The van der Waals surface area contributed by atoms with E-state index in [4.69, 9.17) is 0 Å². The standard InChI is InChI=1S/C22H30N4O2/c1-6-26(15(2)3)19-10-8-18(9-11-19)22(28)25-24-21(27)14-23-20-12-7-16(4)13-17(20)5/h7-13,15,23H,6,14H2,1-5H3,(H,24,27)(H,25,28). The first-order valence-corrected chi connectivity index (χ1v) is 9.58. The molecule has 6 heteroatoms. The Bertz CT molecular complexity index is 816. The van der Waals surface area contributed by atoms with Gasteiger partial charge in [0.1, 0.15) is 0 Å². The van der Waals surface area contributed by atoms with Gasteiger partial charge in [-0.05, 0) is 70.5 Å². The second kappa shape index (κ2) is 9.78. The van der Waals surface area contributed by atoms with Gasteiger partial charge in [-0.2, -0.15) is 0 Å². The van der Waals surface area contributed by atoms with Crippen LogP contribution in [0.2, 0.25) is 0 Å². The quantitative estimate of drug-likeness (QED) is 0.642. The summed E-state index contributed by atoms with van der Waals surface area (Å²) in [6.07, 6.45) is 0. The van der Waals surface area contributed by atoms with Gasteiger partial charge in [-0.15, -0.1) is 0 Å². The molecule has 3 N–H and O–H groups in total. The number of carbonyl (C=O) groups is 2. The number of aryl methyl sites for hydroxylation is 2. The van der Waals surface area contributed by atoms with E-state index < -0.39 is 0 Å². The van der Waals surface area contributed by atoms with Crippen molar-refractivity contribution in [2.24, 2.45) is 0 Å². The second-order valence-electron chi connectivity index (χ2n) is 7.10. The van der Waals surface area contributed by atoms with Crippen LogP contribution in [0.25, 0.3) is 0 Å². The van der Waals surface area contributed by atoms with Gasteiger partial charge in [-0.3, -0.25) is 20.4 Å². The number of nitrogens with one attached hydrogen (secondary N) is 3. The Hall–Kier alpha value is -3.02. The summed E-state index contributed by atoms with van der Waals surface area (Å²) in [5, 5.41) is 3.07. The monoisotopic (exact) mass is 382 g/mol. The molecule has 0 atom stereocenters. The van der Waals surface area contributed by atoms with Crippen LogP contribution in [0.3, 0.4) is 0 Å². The molecule has 28 heavy (non-hydrogen) atoms. The summed E-state index contributed by atoms with van der Waals surface area (Å²) in [6.45, 7) is 11.3. The molecule has 2 amide bonds. The van der Waals surface area contributed by atoms with Gasteiger partial charge in [-0.1, -0.05) is 17.7 Å². The fourth-order valence-corrected chi connectivity index (χ4v) is 3.08. The van der Waals surface area contributed by atoms with E-state index in [-0.39, 0.29) is 18.4 Å². The summed E-state index contributed by atoms with van der Waals surface area (Å²) in [5.74, 6) is -0.666. The minimum Gasteiger partial charge on any atom is -0.376 e. The summed E-state index contributed by atoms with van der Waals surface area (Å²) in [5.41, 5.74) is 9.58. The third kappa shape index (κ3) is 5.74. The van der Waals surface area contributed by atoms with Crippen molar-refractivity contribution in [3.63, 3.8) is 0 Å². The Kier molecular flexibility index (Phi) is 7.44. The summed E-state index contributed by atoms with van der Waals surface area (Å²) in [7, 11) is 0. The number of rotatable bonds is 7. The van der Waals surface area contributed by atoms with Gasteiger partial charge in [0.25, 0.3) is 11.8 Å². The fraction of sp³-hybridized carbons (Fsp3) is 0.364. The molecule has 6 nitrogen and oxygen atoms in total. The van der Waals surface area contributed by atoms with E-state index in [0.717, 1.165) is 23.5 Å². The number of anilines is 2. The van der Waals surface area contributed by atoms with Gasteiger partial charge in [0.05, 0.1) is 6.54 Å². The highest BCUT2D eigenvalue weighted by Gasteiger charge is 2.11. The molecule has 0 aliphatic rings. The van der Waals surface area contributed by atoms with Gasteiger partial charge in [0.15, 0.2) is 0 Å². The maximum Gasteiger partial charge on any atom is 0.269 e. The van der Waals surface area contributed by atoms with E-state index in [9.17, 15) is 9.59 Å². The summed E-state index contributed by atoms with van der Waals surface area (Å²) in [6, 6.07) is 13.7. The number of nitrogens with zero attached hydrogens (tertiary/aromatic N) is 1. The molecule has 0 aliphatic heterocycles. The lowest BCUT2D eigenvalue weighted by atomic mass is 10.1. The predicted octanol–water partition coefficient (Wildman–Crippen LogP) is 3.41. The molecule has 0 spiro atoms. The van der Waals surface area contributed by atoms with Crippen molar-refractivity contribution in [1.82, 2.24) is 10.9 Å². The van der Waals surface area contributed by atoms with Gasteiger partial charge in [0, 0.05) is 29.5 Å². The van der Waals surface area contributed by atoms with Crippen LogP contribution >= 0.6 is 0 Å². The van der Waals surface area contributed by atoms with Crippen LogP contribution in [-0.4, -0.2) is 30.9 Å². The SMILES string of the molecule is CCN(c1ccc(C(=O)NNC(=O)CNc2ccc(C)cc2C)cc1)C(C)C. The third-order valence-corrected chi connectivity index (χ3v) is 4.56. The van der Waals surface area contributed by atoms with E-state index in [1.807, 2.05) is 44.2 Å². The van der Waals surface area contributed by atoms with Crippen LogP contribution in [0.1, 0.15) is 42.3 Å². The van der Waals surface area contributed by atoms with Crippen molar-refractivity contribution in [2.75, 3.05) is 23.3 Å². The van der Waals surface area contributed by atoms with E-state index >= 15 is 0 Å². The van der Waals surface area contributed by atoms with Crippen LogP contribution in [0, 0.1) is 13.8 Å². The molecule has 0 bridgehead atoms. The number of hydrogen-bond donors (Lipinski definition) is 3. The smallest absolute Gasteiger partial charge is 0.269 e. The zero-order valence-corrected chi connectivity index (χ0v) is 17.3. The first-order chi connectivity index (χ1) is 13.3. The second-order valence-corrected chi connectivity index (χ2v) is 7.10. The third-order valence-electron chi connectivity index (χ3n) is 4.56. The van der Waals surface area contributed by atoms with Gasteiger partial charge < -0.3 is 10.2 Å². The molecule has 0 aliphatic carbocycles. The van der Waals surface area contributed by atoms with Crippen LogP contribution in [0.15, 0.2) is 42.5 Å². The maximum absolute atomic E-state index is 12.2. The van der Waals surface area contributed by atoms with Crippen LogP contribution in [-0.2, 0) is 4.79 Å². The van der Waals surface area contributed by atoms with Gasteiger partial charge in [-0.25, -0.2) is 0 Å². The molecular weight excluding hydrogens is 352 g/mol. The minimum absolute atomic E-state index is 0.0724. The Labute approximate surface area is 167 Å². The Morgan fingerprint density at radius 1 is 1.00 bits per heavy atom. The molecule has 150 valence electrons. The lowest BCUT2D eigenvalue weighted by molar-refractivity contribution is -0.120. The van der Waals surface area contributed by atoms with Crippen molar-refractivity contribution in [2.45, 2.75) is 40.7 Å². The molecule has 0 radical (unpaired) electrons. The molecule has 2 aromatic rings. The minimum atomic E-state index is -0.348. The topological polar surface area (TPSA) is 73.5 Å². The van der Waals surface area contributed by atoms with Crippen molar-refractivity contribution in [3.8, 4) is 0 Å². The van der Waals surface area contributed by atoms with Crippen LogP contribution in [0.5, 0.6) is 0 Å². The molecule has 0 aromatic heterocycles. The lowest BCUT2D eigenvalue weighted by Gasteiger charge is -2.27. The highest BCUT2D eigenvalue weighted by molar-refractivity contribution is 5.96. The maximum atomic E-state index is 12.2. The zero-order valence-electron chi connectivity index (χ0n) is 17.3. The number of hydrazine groups is 1. The fourth-order valence-electron chi connectivity index (χ4n) is 3.08. The molecular formula is C22H30N4O2. The van der Waals surface area contributed by atoms with E-state index in [0.29, 0.717) is 11.6 Å². The molecule has 0 saturated heterocycles. The highest BCUT2D eigenvalue weighted by Crippen LogP contribution is 2.18. The molecule has 0 fully saturated rings. The largest absolute Gasteiger partial charge is 0.376 e. The first-order valence-electron chi connectivity index (χ1n) is 9.58. The van der Waals surface area contributed by atoms with Crippen molar-refractivity contribution < 1.29 is 9.59 Å². The number of hydrogen-bond acceptors (Lipinski definition) is 4. The summed E-state index contributed by atoms with van der Waals surface area (Å²) in [4.78, 5) is 26.5. The van der Waals surface area contributed by atoms with E-state index in [2.05, 4.69) is 41.8 Å². The Morgan fingerprint density at radius 2 is 1.68 bits per heavy atom. The summed E-state index contributed by atoms with van der Waals surface area (Å²) < 4.78 is 0.